The van der Waals surface area contributed by atoms with E-state index in [1.54, 1.807) is 0 Å². The molecule has 14 rings (SSSR count). The molecule has 0 spiro atoms. The van der Waals surface area contributed by atoms with Gasteiger partial charge in [0.05, 0.1) is 27.8 Å². The number of para-hydroxylation sites is 3. The van der Waals surface area contributed by atoms with E-state index in [0.717, 1.165) is 25.7 Å². The molecule has 2 aromatic heterocycles. The number of aromatic nitrogens is 2. The van der Waals surface area contributed by atoms with E-state index < -0.39 is 0 Å². The summed E-state index contributed by atoms with van der Waals surface area (Å²) < 4.78 is 4.99. The molecule has 0 N–H and O–H groups in total. The van der Waals surface area contributed by atoms with Crippen LogP contribution in [0.4, 0.5) is 0 Å². The average molecular weight is 815 g/mol. The van der Waals surface area contributed by atoms with Crippen molar-refractivity contribution in [2.75, 3.05) is 0 Å². The van der Waals surface area contributed by atoms with Crippen LogP contribution < -0.4 is 0 Å². The molecule has 300 valence electrons. The molecule has 0 fully saturated rings. The van der Waals surface area contributed by atoms with Crippen molar-refractivity contribution in [1.29, 1.82) is 0 Å². The third-order valence-corrected chi connectivity index (χ3v) is 14.4. The Labute approximate surface area is 372 Å². The summed E-state index contributed by atoms with van der Waals surface area (Å²) in [6.07, 6.45) is 11.5. The molecule has 11 aromatic rings. The van der Waals surface area contributed by atoms with E-state index in [2.05, 4.69) is 215 Å². The summed E-state index contributed by atoms with van der Waals surface area (Å²) in [6, 6.07) is 70.6. The Morgan fingerprint density at radius 2 is 1.05 bits per heavy atom. The minimum atomic E-state index is 1.08. The normalized spacial score (nSPS) is 13.7. The van der Waals surface area contributed by atoms with Gasteiger partial charge in [-0.05, 0) is 141 Å². The maximum absolute atomic E-state index is 2.49. The van der Waals surface area contributed by atoms with E-state index in [-0.39, 0.29) is 0 Å². The lowest BCUT2D eigenvalue weighted by Gasteiger charge is -2.16. The van der Waals surface area contributed by atoms with Crippen LogP contribution in [-0.2, 0) is 12.8 Å². The molecule has 0 radical (unpaired) electrons. The Kier molecular flexibility index (Phi) is 7.67. The van der Waals surface area contributed by atoms with Crippen molar-refractivity contribution in [2.24, 2.45) is 0 Å². The van der Waals surface area contributed by atoms with Crippen LogP contribution >= 0.6 is 0 Å². The van der Waals surface area contributed by atoms with Crippen LogP contribution in [-0.4, -0.2) is 9.13 Å². The van der Waals surface area contributed by atoms with Gasteiger partial charge in [-0.25, -0.2) is 0 Å². The summed E-state index contributed by atoms with van der Waals surface area (Å²) >= 11 is 0. The lowest BCUT2D eigenvalue weighted by molar-refractivity contribution is 0.982. The van der Waals surface area contributed by atoms with Gasteiger partial charge in [-0.1, -0.05) is 158 Å². The highest BCUT2D eigenvalue weighted by molar-refractivity contribution is 6.14. The van der Waals surface area contributed by atoms with Crippen molar-refractivity contribution in [3.63, 3.8) is 0 Å². The van der Waals surface area contributed by atoms with E-state index >= 15 is 0 Å². The van der Waals surface area contributed by atoms with E-state index in [1.165, 1.54) is 133 Å². The quantitative estimate of drug-likeness (QED) is 0.164. The number of fused-ring (bicyclic) bond motifs is 11. The van der Waals surface area contributed by atoms with Gasteiger partial charge < -0.3 is 9.13 Å². The van der Waals surface area contributed by atoms with Crippen LogP contribution in [0.25, 0.3) is 111 Å². The summed E-state index contributed by atoms with van der Waals surface area (Å²) in [4.78, 5) is 0. The molecule has 64 heavy (non-hydrogen) atoms. The molecule has 2 heterocycles. The third-order valence-electron chi connectivity index (χ3n) is 14.4. The number of hydrogen-bond donors (Lipinski definition) is 0. The molecule has 0 bridgehead atoms. The first-order valence-electron chi connectivity index (χ1n) is 22.8. The molecule has 3 aliphatic carbocycles. The molecule has 0 aliphatic heterocycles. The standard InChI is InChI=1S/C62H42N2/c1-2-18-46(19-3-1)63-59-37-43(30-33-52(59)55-34-27-39-13-4-5-21-48(39)62(55)63)44-29-32-51-50-22-7-9-26-58(50)64(60(51)38-44)57-25-8-6-20-47(57)45-17-10-16-41(35-45)42-28-31-49-53-23-11-14-40-15-12-24-54(61(40)53)56(49)36-42/h1-3,5-11,14,16-38H,4,12-13,15H2. The van der Waals surface area contributed by atoms with Gasteiger partial charge in [-0.3, -0.25) is 0 Å². The smallest absolute Gasteiger partial charge is 0.0616 e. The molecule has 3 aliphatic rings. The van der Waals surface area contributed by atoms with Gasteiger partial charge in [0.15, 0.2) is 0 Å². The zero-order valence-electron chi connectivity index (χ0n) is 35.4. The Balaban J connectivity index is 0.919. The number of rotatable bonds is 5. The first-order chi connectivity index (χ1) is 31.7. The second-order valence-electron chi connectivity index (χ2n) is 17.8. The maximum Gasteiger partial charge on any atom is 0.0616 e. The Hall–Kier alpha value is -7.94. The fourth-order valence-electron chi connectivity index (χ4n) is 11.5. The minimum absolute atomic E-state index is 1.08. The summed E-state index contributed by atoms with van der Waals surface area (Å²) in [5.74, 6) is 0. The lowest BCUT2D eigenvalue weighted by Crippen LogP contribution is -2.00. The Morgan fingerprint density at radius 3 is 1.95 bits per heavy atom. The number of hydrogen-bond acceptors (Lipinski definition) is 0. The van der Waals surface area contributed by atoms with Crippen molar-refractivity contribution in [3.8, 4) is 55.9 Å². The van der Waals surface area contributed by atoms with Crippen LogP contribution in [0, 0.1) is 0 Å². The molecule has 0 saturated heterocycles. The van der Waals surface area contributed by atoms with Gasteiger partial charge in [-0.2, -0.15) is 0 Å². The van der Waals surface area contributed by atoms with Crippen molar-refractivity contribution < 1.29 is 0 Å². The zero-order chi connectivity index (χ0) is 41.9. The molecule has 2 nitrogen and oxygen atoms in total. The van der Waals surface area contributed by atoms with Gasteiger partial charge >= 0.3 is 0 Å². The SMILES string of the molecule is C1=Cc2c(ccc3c4ccc(-c5ccc6c7ccccc7n(-c7ccccc7-c7cccc(-c8ccc9c(c8)C8=CCCc%10cccc-9c%108)c7)c6c5)cc4n(-c4ccccc4)c23)CC1. The largest absolute Gasteiger partial charge is 0.309 e. The van der Waals surface area contributed by atoms with E-state index in [4.69, 9.17) is 0 Å². The van der Waals surface area contributed by atoms with E-state index in [1.807, 2.05) is 0 Å². The predicted octanol–water partition coefficient (Wildman–Crippen LogP) is 16.2. The number of aryl methyl sites for hydroxylation is 2. The molecular formula is C62H42N2. The van der Waals surface area contributed by atoms with Crippen molar-refractivity contribution in [3.05, 3.63) is 228 Å². The zero-order valence-corrected chi connectivity index (χ0v) is 35.4. The van der Waals surface area contributed by atoms with Crippen molar-refractivity contribution >= 4 is 55.3 Å². The predicted molar refractivity (Wildman–Crippen MR) is 270 cm³/mol. The summed E-state index contributed by atoms with van der Waals surface area (Å²) in [6.45, 7) is 0. The van der Waals surface area contributed by atoms with Gasteiger partial charge in [0, 0.05) is 38.4 Å². The van der Waals surface area contributed by atoms with Crippen LogP contribution in [0.1, 0.15) is 40.7 Å². The molecular weight excluding hydrogens is 773 g/mol. The summed E-state index contributed by atoms with van der Waals surface area (Å²) in [5, 5.41) is 5.08. The molecule has 0 saturated carbocycles. The van der Waals surface area contributed by atoms with Crippen LogP contribution in [0.3, 0.4) is 0 Å². The summed E-state index contributed by atoms with van der Waals surface area (Å²) in [7, 11) is 0. The third kappa shape index (κ3) is 5.20. The molecule has 9 aromatic carbocycles. The molecule has 0 atom stereocenters. The topological polar surface area (TPSA) is 9.86 Å². The molecule has 0 unspecified atom stereocenters. The number of allylic oxidation sites excluding steroid dienone is 2. The first kappa shape index (κ1) is 35.6. The Bertz CT molecular complexity index is 3830. The highest BCUT2D eigenvalue weighted by Gasteiger charge is 2.28. The van der Waals surface area contributed by atoms with Gasteiger partial charge in [0.25, 0.3) is 0 Å². The highest BCUT2D eigenvalue weighted by atomic mass is 15.0. The Morgan fingerprint density at radius 1 is 0.375 bits per heavy atom. The van der Waals surface area contributed by atoms with Crippen LogP contribution in [0.5, 0.6) is 0 Å². The summed E-state index contributed by atoms with van der Waals surface area (Å²) in [5.41, 5.74) is 25.8. The maximum atomic E-state index is 2.49. The lowest BCUT2D eigenvalue weighted by atomic mass is 9.90. The van der Waals surface area contributed by atoms with E-state index in [9.17, 15) is 0 Å². The molecule has 0 amide bonds. The second-order valence-corrected chi connectivity index (χ2v) is 17.8. The monoisotopic (exact) mass is 814 g/mol. The average Bonchev–Trinajstić information content (AvgIpc) is 4.00. The van der Waals surface area contributed by atoms with E-state index in [0.29, 0.717) is 0 Å². The number of benzene rings is 9. The molecule has 2 heteroatoms. The highest BCUT2D eigenvalue weighted by Crippen LogP contribution is 2.49. The van der Waals surface area contributed by atoms with Crippen molar-refractivity contribution in [2.45, 2.75) is 25.7 Å². The van der Waals surface area contributed by atoms with Crippen molar-refractivity contribution in [1.82, 2.24) is 9.13 Å². The number of nitrogens with zero attached hydrogens (tertiary/aromatic N) is 2. The fourth-order valence-corrected chi connectivity index (χ4v) is 11.5. The first-order valence-corrected chi connectivity index (χ1v) is 22.8. The van der Waals surface area contributed by atoms with Gasteiger partial charge in [-0.15, -0.1) is 0 Å². The minimum Gasteiger partial charge on any atom is -0.309 e. The van der Waals surface area contributed by atoms with Gasteiger partial charge in [0.1, 0.15) is 0 Å². The van der Waals surface area contributed by atoms with Gasteiger partial charge in [0.2, 0.25) is 0 Å². The fraction of sp³-hybridized carbons (Fsp3) is 0.0645. The van der Waals surface area contributed by atoms with Crippen LogP contribution in [0.2, 0.25) is 0 Å². The second kappa shape index (κ2) is 13.8. The van der Waals surface area contributed by atoms with Crippen LogP contribution in [0.15, 0.2) is 200 Å².